The lowest BCUT2D eigenvalue weighted by Gasteiger charge is -2.18. The maximum atomic E-state index is 5.60. The van der Waals surface area contributed by atoms with Gasteiger partial charge in [0.2, 0.25) is 0 Å². The van der Waals surface area contributed by atoms with E-state index in [9.17, 15) is 0 Å². The Morgan fingerprint density at radius 3 is 3.00 bits per heavy atom. The maximum absolute atomic E-state index is 5.60. The quantitative estimate of drug-likeness (QED) is 0.595. The van der Waals surface area contributed by atoms with E-state index >= 15 is 0 Å². The molecule has 11 heavy (non-hydrogen) atoms. The summed E-state index contributed by atoms with van der Waals surface area (Å²) in [6, 6.07) is 0. The fourth-order valence-electron chi connectivity index (χ4n) is 1.66. The minimum absolute atomic E-state index is 0.552. The molecule has 0 saturated heterocycles. The monoisotopic (exact) mass is 155 g/mol. The van der Waals surface area contributed by atoms with Gasteiger partial charge in [0.25, 0.3) is 0 Å². The van der Waals surface area contributed by atoms with E-state index in [2.05, 4.69) is 13.3 Å². The van der Waals surface area contributed by atoms with Crippen molar-refractivity contribution in [2.24, 2.45) is 0 Å². The Hall–Kier alpha value is -0.0400. The van der Waals surface area contributed by atoms with E-state index in [0.717, 1.165) is 6.61 Å². The average molecular weight is 155 g/mol. The van der Waals surface area contributed by atoms with Crippen molar-refractivity contribution in [1.29, 1.82) is 0 Å². The normalized spacial score (nSPS) is 22.6. The van der Waals surface area contributed by atoms with Crippen LogP contribution in [-0.2, 0) is 4.74 Å². The van der Waals surface area contributed by atoms with Gasteiger partial charge in [-0.05, 0) is 32.6 Å². The highest BCUT2D eigenvalue weighted by atomic mass is 16.5. The molecule has 0 heterocycles. The molecule has 0 spiro atoms. The molecule has 1 fully saturated rings. The van der Waals surface area contributed by atoms with Crippen LogP contribution in [0.5, 0.6) is 0 Å². The highest BCUT2D eigenvalue weighted by Gasteiger charge is 2.09. The number of ether oxygens (including phenoxy) is 1. The van der Waals surface area contributed by atoms with Crippen LogP contribution in [0, 0.1) is 6.42 Å². The molecule has 0 bridgehead atoms. The van der Waals surface area contributed by atoms with E-state index in [0.29, 0.717) is 6.10 Å². The van der Waals surface area contributed by atoms with Crippen molar-refractivity contribution in [1.82, 2.24) is 0 Å². The van der Waals surface area contributed by atoms with Crippen LogP contribution in [0.3, 0.4) is 0 Å². The first-order valence-corrected chi connectivity index (χ1v) is 4.86. The van der Waals surface area contributed by atoms with Crippen molar-refractivity contribution in [3.63, 3.8) is 0 Å². The number of hydrogen-bond donors (Lipinski definition) is 0. The predicted molar refractivity (Wildman–Crippen MR) is 47.4 cm³/mol. The van der Waals surface area contributed by atoms with Crippen LogP contribution in [0.4, 0.5) is 0 Å². The van der Waals surface area contributed by atoms with E-state index in [1.54, 1.807) is 0 Å². The molecule has 1 heteroatoms. The molecule has 1 aliphatic carbocycles. The zero-order chi connectivity index (χ0) is 7.94. The summed E-state index contributed by atoms with van der Waals surface area (Å²) >= 11 is 0. The van der Waals surface area contributed by atoms with E-state index in [1.165, 1.54) is 38.5 Å². The van der Waals surface area contributed by atoms with E-state index < -0.39 is 0 Å². The van der Waals surface area contributed by atoms with Crippen molar-refractivity contribution >= 4 is 0 Å². The molecular weight excluding hydrogens is 136 g/mol. The third-order valence-electron chi connectivity index (χ3n) is 2.28. The molecule has 1 aliphatic rings. The summed E-state index contributed by atoms with van der Waals surface area (Å²) < 4.78 is 5.60. The van der Waals surface area contributed by atoms with Gasteiger partial charge in [-0.25, -0.2) is 0 Å². The molecular formula is C10H19O. The summed E-state index contributed by atoms with van der Waals surface area (Å²) in [7, 11) is 0. The van der Waals surface area contributed by atoms with Crippen molar-refractivity contribution in [3.05, 3.63) is 6.42 Å². The minimum Gasteiger partial charge on any atom is -0.379 e. The molecule has 0 amide bonds. The molecule has 1 unspecified atom stereocenters. The third kappa shape index (κ3) is 3.76. The second kappa shape index (κ2) is 5.59. The highest BCUT2D eigenvalue weighted by molar-refractivity contribution is 4.72. The van der Waals surface area contributed by atoms with Crippen LogP contribution in [0.1, 0.15) is 45.4 Å². The fraction of sp³-hybridized carbons (Fsp3) is 0.900. The first kappa shape index (κ1) is 9.05. The molecule has 0 aromatic rings. The zero-order valence-corrected chi connectivity index (χ0v) is 7.51. The Balaban J connectivity index is 2.15. The Morgan fingerprint density at radius 1 is 1.27 bits per heavy atom. The van der Waals surface area contributed by atoms with Crippen molar-refractivity contribution in [2.75, 3.05) is 6.61 Å². The van der Waals surface area contributed by atoms with Gasteiger partial charge in [-0.2, -0.15) is 0 Å². The Kier molecular flexibility index (Phi) is 4.60. The second-order valence-electron chi connectivity index (χ2n) is 3.23. The summed E-state index contributed by atoms with van der Waals surface area (Å²) in [5, 5.41) is 0. The molecule has 0 N–H and O–H groups in total. The summed E-state index contributed by atoms with van der Waals surface area (Å²) in [5.41, 5.74) is 0. The molecule has 1 rings (SSSR count). The lowest BCUT2D eigenvalue weighted by Crippen LogP contribution is -2.14. The van der Waals surface area contributed by atoms with Crippen LogP contribution < -0.4 is 0 Å². The average Bonchev–Trinajstić information content (AvgIpc) is 1.94. The van der Waals surface area contributed by atoms with Crippen molar-refractivity contribution in [3.8, 4) is 0 Å². The lowest BCUT2D eigenvalue weighted by molar-refractivity contribution is 0.0470. The van der Waals surface area contributed by atoms with Gasteiger partial charge in [0.15, 0.2) is 0 Å². The SMILES string of the molecule is CCOC1CC[CH]CCCC1. The van der Waals surface area contributed by atoms with Gasteiger partial charge in [0.05, 0.1) is 6.10 Å². The number of hydrogen-bond acceptors (Lipinski definition) is 1. The first-order valence-electron chi connectivity index (χ1n) is 4.86. The number of rotatable bonds is 2. The molecule has 1 atom stereocenters. The van der Waals surface area contributed by atoms with E-state index in [-0.39, 0.29) is 0 Å². The molecule has 1 radical (unpaired) electrons. The topological polar surface area (TPSA) is 9.23 Å². The standard InChI is InChI=1S/C10H19O/c1-2-11-10-8-6-4-3-5-7-9-10/h4,10H,2-3,5-9H2,1H3. The largest absolute Gasteiger partial charge is 0.379 e. The minimum atomic E-state index is 0.552. The van der Waals surface area contributed by atoms with Crippen molar-refractivity contribution in [2.45, 2.75) is 51.6 Å². The summed E-state index contributed by atoms with van der Waals surface area (Å²) in [6.07, 6.45) is 10.8. The second-order valence-corrected chi connectivity index (χ2v) is 3.23. The van der Waals surface area contributed by atoms with Gasteiger partial charge in [0, 0.05) is 6.61 Å². The first-order chi connectivity index (χ1) is 5.43. The molecule has 1 saturated carbocycles. The fourth-order valence-corrected chi connectivity index (χ4v) is 1.66. The van der Waals surface area contributed by atoms with Crippen LogP contribution >= 0.6 is 0 Å². The van der Waals surface area contributed by atoms with Crippen LogP contribution in [0.2, 0.25) is 0 Å². The molecule has 1 nitrogen and oxygen atoms in total. The lowest BCUT2D eigenvalue weighted by atomic mass is 9.99. The van der Waals surface area contributed by atoms with Gasteiger partial charge >= 0.3 is 0 Å². The van der Waals surface area contributed by atoms with Gasteiger partial charge in [0.1, 0.15) is 0 Å². The van der Waals surface area contributed by atoms with Crippen LogP contribution in [0.15, 0.2) is 0 Å². The van der Waals surface area contributed by atoms with Crippen LogP contribution in [-0.4, -0.2) is 12.7 Å². The zero-order valence-electron chi connectivity index (χ0n) is 7.51. The third-order valence-corrected chi connectivity index (χ3v) is 2.28. The molecule has 0 aliphatic heterocycles. The molecule has 0 aromatic heterocycles. The van der Waals surface area contributed by atoms with E-state index in [1.807, 2.05) is 0 Å². The van der Waals surface area contributed by atoms with Crippen molar-refractivity contribution < 1.29 is 4.74 Å². The molecule has 0 aromatic carbocycles. The summed E-state index contributed by atoms with van der Waals surface area (Å²) in [5.74, 6) is 0. The van der Waals surface area contributed by atoms with Gasteiger partial charge in [-0.15, -0.1) is 0 Å². The van der Waals surface area contributed by atoms with Crippen LogP contribution in [0.25, 0.3) is 0 Å². The summed E-state index contributed by atoms with van der Waals surface area (Å²) in [4.78, 5) is 0. The van der Waals surface area contributed by atoms with Gasteiger partial charge in [-0.1, -0.05) is 19.3 Å². The van der Waals surface area contributed by atoms with Gasteiger partial charge in [-0.3, -0.25) is 0 Å². The summed E-state index contributed by atoms with van der Waals surface area (Å²) in [6.45, 7) is 2.97. The predicted octanol–water partition coefficient (Wildman–Crippen LogP) is 2.95. The molecule has 65 valence electrons. The Morgan fingerprint density at radius 2 is 2.18 bits per heavy atom. The smallest absolute Gasteiger partial charge is 0.0575 e. The highest BCUT2D eigenvalue weighted by Crippen LogP contribution is 2.18. The van der Waals surface area contributed by atoms with Gasteiger partial charge < -0.3 is 4.74 Å². The van der Waals surface area contributed by atoms with E-state index in [4.69, 9.17) is 4.74 Å². The Labute approximate surface area is 70.1 Å². The maximum Gasteiger partial charge on any atom is 0.0575 e. The Bertz CT molecular complexity index is 82.9.